The van der Waals surface area contributed by atoms with Gasteiger partial charge in [0, 0.05) is 12.7 Å². The quantitative estimate of drug-likeness (QED) is 0.514. The van der Waals surface area contributed by atoms with Crippen molar-refractivity contribution in [3.8, 4) is 0 Å². The Kier molecular flexibility index (Phi) is 5.89. The molecule has 136 valence electrons. The lowest BCUT2D eigenvalue weighted by molar-refractivity contribution is 0.358. The van der Waals surface area contributed by atoms with E-state index in [4.69, 9.17) is 39.2 Å². The molecule has 0 unspecified atom stereocenters. The number of benzene rings is 1. The molecule has 0 spiro atoms. The highest BCUT2D eigenvalue weighted by Gasteiger charge is 2.26. The van der Waals surface area contributed by atoms with Crippen LogP contribution in [0.4, 0.5) is 0 Å². The van der Waals surface area contributed by atoms with Crippen LogP contribution >= 0.6 is 34.8 Å². The predicted octanol–water partition coefficient (Wildman–Crippen LogP) is 5.03. The SMILES string of the molecule is O=S(=O)(c1ccc(Cl)nc1)N(Cc1ccc(Cl)c(Cl)c1)Cc1ccco1. The van der Waals surface area contributed by atoms with Crippen molar-refractivity contribution in [2.24, 2.45) is 0 Å². The van der Waals surface area contributed by atoms with Crippen molar-refractivity contribution in [2.75, 3.05) is 0 Å². The van der Waals surface area contributed by atoms with E-state index in [0.29, 0.717) is 21.4 Å². The lowest BCUT2D eigenvalue weighted by atomic mass is 10.2. The van der Waals surface area contributed by atoms with Crippen molar-refractivity contribution in [1.29, 1.82) is 0 Å². The molecule has 2 heterocycles. The van der Waals surface area contributed by atoms with Crippen LogP contribution in [0.2, 0.25) is 15.2 Å². The fourth-order valence-corrected chi connectivity index (χ4v) is 4.08. The van der Waals surface area contributed by atoms with Crippen molar-refractivity contribution in [2.45, 2.75) is 18.0 Å². The van der Waals surface area contributed by atoms with Crippen molar-refractivity contribution in [3.63, 3.8) is 0 Å². The number of aromatic nitrogens is 1. The van der Waals surface area contributed by atoms with E-state index < -0.39 is 10.0 Å². The summed E-state index contributed by atoms with van der Waals surface area (Å²) >= 11 is 17.7. The summed E-state index contributed by atoms with van der Waals surface area (Å²) in [5, 5.41) is 0.969. The molecule has 3 aromatic rings. The van der Waals surface area contributed by atoms with Gasteiger partial charge in [0.1, 0.15) is 15.8 Å². The molecule has 1 aromatic carbocycles. The van der Waals surface area contributed by atoms with Gasteiger partial charge in [-0.1, -0.05) is 40.9 Å². The second kappa shape index (κ2) is 7.98. The minimum Gasteiger partial charge on any atom is -0.468 e. The van der Waals surface area contributed by atoms with Gasteiger partial charge >= 0.3 is 0 Å². The minimum absolute atomic E-state index is 0.0357. The number of nitrogens with zero attached hydrogens (tertiary/aromatic N) is 2. The third kappa shape index (κ3) is 4.39. The van der Waals surface area contributed by atoms with Gasteiger partial charge in [0.2, 0.25) is 10.0 Å². The molecule has 0 amide bonds. The smallest absolute Gasteiger partial charge is 0.245 e. The van der Waals surface area contributed by atoms with Crippen LogP contribution in [0.1, 0.15) is 11.3 Å². The van der Waals surface area contributed by atoms with E-state index in [1.54, 1.807) is 30.3 Å². The van der Waals surface area contributed by atoms with Crippen molar-refractivity contribution in [3.05, 3.63) is 81.4 Å². The second-order valence-electron chi connectivity index (χ2n) is 5.42. The zero-order chi connectivity index (χ0) is 18.7. The maximum Gasteiger partial charge on any atom is 0.245 e. The minimum atomic E-state index is -3.84. The maximum atomic E-state index is 13.1. The van der Waals surface area contributed by atoms with Crippen LogP contribution in [0.15, 0.2) is 64.2 Å². The highest BCUT2D eigenvalue weighted by atomic mass is 35.5. The van der Waals surface area contributed by atoms with Crippen molar-refractivity contribution >= 4 is 44.8 Å². The van der Waals surface area contributed by atoms with Gasteiger partial charge in [-0.25, -0.2) is 13.4 Å². The van der Waals surface area contributed by atoms with Crippen molar-refractivity contribution in [1.82, 2.24) is 9.29 Å². The predicted molar refractivity (Wildman–Crippen MR) is 101 cm³/mol. The lowest BCUT2D eigenvalue weighted by Crippen LogP contribution is -2.30. The molecule has 0 radical (unpaired) electrons. The number of halogens is 3. The summed E-state index contributed by atoms with van der Waals surface area (Å²) in [5.74, 6) is 0.510. The van der Waals surface area contributed by atoms with E-state index in [1.807, 2.05) is 0 Å². The molecule has 0 atom stereocenters. The summed E-state index contributed by atoms with van der Waals surface area (Å²) < 4.78 is 32.7. The van der Waals surface area contributed by atoms with Gasteiger partial charge in [0.15, 0.2) is 0 Å². The van der Waals surface area contributed by atoms with Crippen LogP contribution in [0.5, 0.6) is 0 Å². The fraction of sp³-hybridized carbons (Fsp3) is 0.118. The van der Waals surface area contributed by atoms with Gasteiger partial charge in [-0.05, 0) is 42.0 Å². The molecule has 0 aliphatic heterocycles. The summed E-state index contributed by atoms with van der Waals surface area (Å²) in [6.07, 6.45) is 2.71. The normalized spacial score (nSPS) is 11.8. The highest BCUT2D eigenvalue weighted by Crippen LogP contribution is 2.26. The molecule has 3 rings (SSSR count). The van der Waals surface area contributed by atoms with Gasteiger partial charge in [0.25, 0.3) is 0 Å². The first-order chi connectivity index (χ1) is 12.4. The summed E-state index contributed by atoms with van der Waals surface area (Å²) in [4.78, 5) is 3.89. The summed E-state index contributed by atoms with van der Waals surface area (Å²) in [6.45, 7) is 0.140. The Morgan fingerprint density at radius 2 is 1.81 bits per heavy atom. The number of furan rings is 1. The van der Waals surface area contributed by atoms with Crippen LogP contribution in [0.25, 0.3) is 0 Å². The molecule has 0 aliphatic carbocycles. The van der Waals surface area contributed by atoms with E-state index in [9.17, 15) is 8.42 Å². The fourth-order valence-electron chi connectivity index (χ4n) is 2.31. The zero-order valence-corrected chi connectivity index (χ0v) is 16.4. The number of sulfonamides is 1. The van der Waals surface area contributed by atoms with Crippen LogP contribution in [-0.2, 0) is 23.1 Å². The monoisotopic (exact) mass is 430 g/mol. The Labute approximate surface area is 166 Å². The summed E-state index contributed by atoms with van der Waals surface area (Å²) in [7, 11) is -3.84. The molecule has 5 nitrogen and oxygen atoms in total. The summed E-state index contributed by atoms with van der Waals surface area (Å²) in [6, 6.07) is 11.2. The van der Waals surface area contributed by atoms with Crippen LogP contribution < -0.4 is 0 Å². The van der Waals surface area contributed by atoms with E-state index >= 15 is 0 Å². The van der Waals surface area contributed by atoms with Gasteiger partial charge in [-0.15, -0.1) is 0 Å². The van der Waals surface area contributed by atoms with Gasteiger partial charge in [0.05, 0.1) is 22.9 Å². The van der Waals surface area contributed by atoms with Crippen molar-refractivity contribution < 1.29 is 12.8 Å². The zero-order valence-electron chi connectivity index (χ0n) is 13.3. The number of hydrogen-bond acceptors (Lipinski definition) is 4. The number of pyridine rings is 1. The molecule has 0 fully saturated rings. The van der Waals surface area contributed by atoms with E-state index in [2.05, 4.69) is 4.98 Å². The Hall–Kier alpha value is -1.57. The summed E-state index contributed by atoms with van der Waals surface area (Å²) in [5.41, 5.74) is 0.691. The maximum absolute atomic E-state index is 13.1. The molecule has 0 saturated carbocycles. The molecular weight excluding hydrogens is 419 g/mol. The molecule has 26 heavy (non-hydrogen) atoms. The molecular formula is C17H13Cl3N2O3S. The third-order valence-corrected chi connectivity index (χ3v) is 6.33. The Balaban J connectivity index is 1.96. The average molecular weight is 432 g/mol. The molecule has 0 aliphatic rings. The topological polar surface area (TPSA) is 63.4 Å². The lowest BCUT2D eigenvalue weighted by Gasteiger charge is -2.21. The molecule has 2 aromatic heterocycles. The van der Waals surface area contributed by atoms with Crippen LogP contribution in [-0.4, -0.2) is 17.7 Å². The highest BCUT2D eigenvalue weighted by molar-refractivity contribution is 7.89. The van der Waals surface area contributed by atoms with E-state index in [-0.39, 0.29) is 23.1 Å². The average Bonchev–Trinajstić information content (AvgIpc) is 3.11. The molecule has 9 heteroatoms. The van der Waals surface area contributed by atoms with E-state index in [1.165, 1.54) is 28.9 Å². The Morgan fingerprint density at radius 1 is 1.00 bits per heavy atom. The third-order valence-electron chi connectivity index (χ3n) is 3.59. The Morgan fingerprint density at radius 3 is 2.42 bits per heavy atom. The van der Waals surface area contributed by atoms with Crippen LogP contribution in [0.3, 0.4) is 0 Å². The van der Waals surface area contributed by atoms with E-state index in [0.717, 1.165) is 0 Å². The Bertz CT molecular complexity index is 991. The largest absolute Gasteiger partial charge is 0.468 e. The molecule has 0 N–H and O–H groups in total. The second-order valence-corrected chi connectivity index (χ2v) is 8.56. The van der Waals surface area contributed by atoms with Gasteiger partial charge < -0.3 is 4.42 Å². The molecule has 0 bridgehead atoms. The first-order valence-electron chi connectivity index (χ1n) is 7.44. The van der Waals surface area contributed by atoms with Crippen LogP contribution in [0, 0.1) is 0 Å². The number of hydrogen-bond donors (Lipinski definition) is 0. The first-order valence-corrected chi connectivity index (χ1v) is 10.0. The molecule has 0 saturated heterocycles. The standard InChI is InChI=1S/C17H13Cl3N2O3S/c18-15-5-3-12(8-16(15)19)10-22(11-13-2-1-7-25-13)26(23,24)14-4-6-17(20)21-9-14/h1-9H,10-11H2. The van der Waals surface area contributed by atoms with Gasteiger partial charge in [-0.3, -0.25) is 0 Å². The number of rotatable bonds is 6. The van der Waals surface area contributed by atoms with Gasteiger partial charge in [-0.2, -0.15) is 4.31 Å². The first kappa shape index (κ1) is 19.2.